The Labute approximate surface area is 210 Å². The lowest BCUT2D eigenvalue weighted by Crippen LogP contribution is -2.81. The Morgan fingerprint density at radius 3 is 2.80 bits per heavy atom. The maximum Gasteiger partial charge on any atom is 0.352 e. The Morgan fingerprint density at radius 1 is 1.46 bits per heavy atom. The van der Waals surface area contributed by atoms with Crippen LogP contribution < -0.4 is 16.4 Å². The molecule has 186 valence electrons. The van der Waals surface area contributed by atoms with Gasteiger partial charge in [0.1, 0.15) is 17.1 Å². The number of hydrogen-bond donors (Lipinski definition) is 4. The third kappa shape index (κ3) is 4.46. The molecule has 0 radical (unpaired) electrons. The first kappa shape index (κ1) is 25.0. The normalized spacial score (nSPS) is 22.3. The quantitative estimate of drug-likeness (QED) is 0.182. The van der Waals surface area contributed by atoms with Gasteiger partial charge in [0.25, 0.3) is 17.5 Å². The average Bonchev–Trinajstić information content (AvgIpc) is 3.50. The fourth-order valence-electron chi connectivity index (χ4n) is 3.67. The number of rotatable bonds is 9. The van der Waals surface area contributed by atoms with Crippen LogP contribution in [0, 0.1) is 0 Å². The van der Waals surface area contributed by atoms with E-state index in [2.05, 4.69) is 26.2 Å². The average molecular weight is 541 g/mol. The summed E-state index contributed by atoms with van der Waals surface area (Å²) in [5.41, 5.74) is 3.74. The van der Waals surface area contributed by atoms with Crippen LogP contribution >= 0.6 is 34.9 Å². The molecule has 2 aliphatic heterocycles. The number of fused-ring (bicyclic) bond motifs is 1. The zero-order valence-electron chi connectivity index (χ0n) is 18.3. The van der Waals surface area contributed by atoms with E-state index in [-0.39, 0.29) is 17.2 Å². The molecule has 2 aliphatic rings. The van der Waals surface area contributed by atoms with Crippen molar-refractivity contribution < 1.29 is 29.0 Å². The Hall–Kier alpha value is -3.15. The van der Waals surface area contributed by atoms with Gasteiger partial charge in [-0.2, -0.15) is 0 Å². The number of tetrazole rings is 1. The molecule has 0 unspecified atom stereocenters. The zero-order chi connectivity index (χ0) is 25.3. The van der Waals surface area contributed by atoms with Gasteiger partial charge < -0.3 is 26.2 Å². The summed E-state index contributed by atoms with van der Waals surface area (Å²) in [6.07, 6.45) is 0. The zero-order valence-corrected chi connectivity index (χ0v) is 20.8. The van der Waals surface area contributed by atoms with Gasteiger partial charge in [0.2, 0.25) is 5.16 Å². The van der Waals surface area contributed by atoms with Gasteiger partial charge in [-0.1, -0.05) is 17.8 Å². The second kappa shape index (κ2) is 9.84. The molecule has 3 atom stereocenters. The highest BCUT2D eigenvalue weighted by Crippen LogP contribution is 2.47. The molecule has 5 N–H and O–H groups in total. The molecular weight excluding hydrogens is 520 g/mol. The lowest BCUT2D eigenvalue weighted by Gasteiger charge is -2.56. The van der Waals surface area contributed by atoms with Gasteiger partial charge in [-0.05, 0) is 27.4 Å². The van der Waals surface area contributed by atoms with E-state index in [1.54, 1.807) is 24.6 Å². The van der Waals surface area contributed by atoms with Crippen molar-refractivity contribution in [1.29, 1.82) is 0 Å². The smallest absolute Gasteiger partial charge is 0.352 e. The third-order valence-corrected chi connectivity index (χ3v) is 8.68. The van der Waals surface area contributed by atoms with Crippen molar-refractivity contribution in [1.82, 2.24) is 35.7 Å². The highest BCUT2D eigenvalue weighted by Gasteiger charge is 2.67. The topological polar surface area (TPSA) is 195 Å². The second-order valence-electron chi connectivity index (χ2n) is 7.36. The number of primary amides is 1. The standard InChI is InChI=1S/C18H20N8O6S3/c1-25-17(22-23-24-25)35-7-8-6-34-15-18(32-2,14(30)26(15)11(8)13(28)29)21-12(27)10(20-16(19)31)9-4-3-5-33-9/h3-5,10,15H,6-7H2,1-2H3,(H,21,27)(H,28,29)(H3,19,20,31)/t10-,15-,18+/m1/s1. The number of nitrogens with zero attached hydrogens (tertiary/aromatic N) is 5. The fourth-order valence-corrected chi connectivity index (χ4v) is 6.87. The number of hydrogen-bond acceptors (Lipinski definition) is 11. The number of aryl methyl sites for hydroxylation is 1. The Morgan fingerprint density at radius 2 is 2.23 bits per heavy atom. The second-order valence-corrected chi connectivity index (χ2v) is 10.3. The van der Waals surface area contributed by atoms with Crippen molar-refractivity contribution in [2.24, 2.45) is 12.8 Å². The van der Waals surface area contributed by atoms with Crippen LogP contribution in [0.5, 0.6) is 0 Å². The molecule has 2 aromatic rings. The summed E-state index contributed by atoms with van der Waals surface area (Å²) >= 11 is 3.70. The van der Waals surface area contributed by atoms with Crippen molar-refractivity contribution in [3.63, 3.8) is 0 Å². The first-order valence-electron chi connectivity index (χ1n) is 9.92. The molecule has 0 bridgehead atoms. The van der Waals surface area contributed by atoms with E-state index in [9.17, 15) is 24.3 Å². The molecule has 14 nitrogen and oxygen atoms in total. The van der Waals surface area contributed by atoms with Crippen molar-refractivity contribution in [3.05, 3.63) is 33.7 Å². The summed E-state index contributed by atoms with van der Waals surface area (Å²) < 4.78 is 6.91. The summed E-state index contributed by atoms with van der Waals surface area (Å²) in [6, 6.07) is 1.26. The van der Waals surface area contributed by atoms with Crippen LogP contribution in [0.3, 0.4) is 0 Å². The molecule has 0 aromatic carbocycles. The summed E-state index contributed by atoms with van der Waals surface area (Å²) in [5.74, 6) is -2.23. The van der Waals surface area contributed by atoms with E-state index in [0.29, 0.717) is 15.6 Å². The number of methoxy groups -OCH3 is 1. The van der Waals surface area contributed by atoms with Gasteiger partial charge in [-0.15, -0.1) is 28.2 Å². The molecule has 4 heterocycles. The van der Waals surface area contributed by atoms with Crippen LogP contribution in [0.2, 0.25) is 0 Å². The van der Waals surface area contributed by atoms with Gasteiger partial charge in [-0.25, -0.2) is 14.3 Å². The number of nitrogens with two attached hydrogens (primary N) is 1. The maximum atomic E-state index is 13.3. The highest BCUT2D eigenvalue weighted by molar-refractivity contribution is 8.01. The van der Waals surface area contributed by atoms with Crippen LogP contribution in [0.25, 0.3) is 0 Å². The molecule has 0 aliphatic carbocycles. The number of carbonyl (C=O) groups excluding carboxylic acids is 3. The third-order valence-electron chi connectivity index (χ3n) is 5.28. The molecule has 4 rings (SSSR count). The van der Waals surface area contributed by atoms with Crippen LogP contribution in [0.1, 0.15) is 10.9 Å². The number of carboxylic acid groups (broad SMARTS) is 1. The number of carboxylic acids is 1. The van der Waals surface area contributed by atoms with Crippen molar-refractivity contribution in [2.75, 3.05) is 18.6 Å². The van der Waals surface area contributed by atoms with E-state index >= 15 is 0 Å². The first-order chi connectivity index (χ1) is 16.7. The number of β-lactam (4-membered cyclic amide) rings is 1. The van der Waals surface area contributed by atoms with Crippen LogP contribution in [0.15, 0.2) is 33.9 Å². The molecule has 1 fully saturated rings. The Kier molecular flexibility index (Phi) is 7.02. The monoisotopic (exact) mass is 540 g/mol. The van der Waals surface area contributed by atoms with Crippen LogP contribution in [-0.2, 0) is 26.2 Å². The summed E-state index contributed by atoms with van der Waals surface area (Å²) in [5, 5.41) is 27.3. The molecule has 4 amide bonds. The van der Waals surface area contributed by atoms with Crippen LogP contribution in [-0.4, -0.2) is 83.7 Å². The predicted molar refractivity (Wildman–Crippen MR) is 125 cm³/mol. The maximum absolute atomic E-state index is 13.3. The number of thioether (sulfide) groups is 2. The molecule has 1 saturated heterocycles. The largest absolute Gasteiger partial charge is 0.477 e. The minimum Gasteiger partial charge on any atom is -0.477 e. The van der Waals surface area contributed by atoms with Crippen molar-refractivity contribution >= 4 is 58.7 Å². The molecular formula is C18H20N8O6S3. The minimum atomic E-state index is -1.82. The summed E-state index contributed by atoms with van der Waals surface area (Å²) in [7, 11) is 2.90. The molecule has 0 saturated carbocycles. The van der Waals surface area contributed by atoms with E-state index in [0.717, 1.165) is 4.90 Å². The number of nitrogens with one attached hydrogen (secondary N) is 2. The molecule has 2 aromatic heterocycles. The van der Waals surface area contributed by atoms with Gasteiger partial charge in [0, 0.05) is 30.5 Å². The number of carbonyl (C=O) groups is 4. The van der Waals surface area contributed by atoms with E-state index < -0.39 is 41.0 Å². The minimum absolute atomic E-state index is 0.173. The van der Waals surface area contributed by atoms with Crippen molar-refractivity contribution in [2.45, 2.75) is 22.3 Å². The number of ether oxygens (including phenoxy) is 1. The fraction of sp³-hybridized carbons (Fsp3) is 0.389. The van der Waals surface area contributed by atoms with E-state index in [4.69, 9.17) is 10.5 Å². The molecule has 0 spiro atoms. The lowest BCUT2D eigenvalue weighted by atomic mass is 9.97. The van der Waals surface area contributed by atoms with Crippen molar-refractivity contribution in [3.8, 4) is 0 Å². The lowest BCUT2D eigenvalue weighted by molar-refractivity contribution is -0.192. The van der Waals surface area contributed by atoms with Crippen LogP contribution in [0.4, 0.5) is 4.79 Å². The summed E-state index contributed by atoms with van der Waals surface area (Å²) in [4.78, 5) is 51.6. The Bertz CT molecular complexity index is 1200. The van der Waals surface area contributed by atoms with E-state index in [1.165, 1.54) is 46.7 Å². The number of urea groups is 1. The number of thiophene rings is 1. The number of amides is 4. The van der Waals surface area contributed by atoms with Gasteiger partial charge in [0.15, 0.2) is 0 Å². The molecule has 35 heavy (non-hydrogen) atoms. The van der Waals surface area contributed by atoms with Gasteiger partial charge in [0.05, 0.1) is 0 Å². The van der Waals surface area contributed by atoms with Gasteiger partial charge >= 0.3 is 12.0 Å². The van der Waals surface area contributed by atoms with E-state index in [1.807, 2.05) is 0 Å². The summed E-state index contributed by atoms with van der Waals surface area (Å²) in [6.45, 7) is 0. The first-order valence-corrected chi connectivity index (χ1v) is 12.8. The van der Waals surface area contributed by atoms with Gasteiger partial charge in [-0.3, -0.25) is 14.5 Å². The SMILES string of the molecule is CO[C@@]1(NC(=O)[C@H](NC(N)=O)c2cccs2)C(=O)N2C(C(=O)O)=C(CSc3nnnn3C)CS[C@@H]21. The predicted octanol–water partition coefficient (Wildman–Crippen LogP) is -0.514. The molecule has 17 heteroatoms. The number of aromatic nitrogens is 4. The highest BCUT2D eigenvalue weighted by atomic mass is 32.2. The number of aliphatic carboxylic acids is 1. The Balaban J connectivity index is 1.57.